The summed E-state index contributed by atoms with van der Waals surface area (Å²) in [4.78, 5) is 0. The monoisotopic (exact) mass is 261 g/mol. The van der Waals surface area contributed by atoms with E-state index in [0.29, 0.717) is 5.92 Å². The van der Waals surface area contributed by atoms with Gasteiger partial charge in [0.25, 0.3) is 0 Å². The highest BCUT2D eigenvalue weighted by Gasteiger charge is 2.50. The average Bonchev–Trinajstić information content (AvgIpc) is 3.17. The summed E-state index contributed by atoms with van der Waals surface area (Å²) < 4.78 is 5.78. The second-order valence-corrected chi connectivity index (χ2v) is 6.18. The molecule has 2 N–H and O–H groups in total. The number of hydrogen-bond acceptors (Lipinski definition) is 2. The van der Waals surface area contributed by atoms with Gasteiger partial charge in [0, 0.05) is 17.0 Å². The Morgan fingerprint density at radius 1 is 1.26 bits per heavy atom. The molecule has 2 rings (SSSR count). The van der Waals surface area contributed by atoms with E-state index in [-0.39, 0.29) is 11.5 Å². The van der Waals surface area contributed by atoms with E-state index in [1.807, 2.05) is 0 Å². The minimum Gasteiger partial charge on any atom is -0.496 e. The Kier molecular flexibility index (Phi) is 3.91. The van der Waals surface area contributed by atoms with Crippen LogP contribution in [0.2, 0.25) is 0 Å². The van der Waals surface area contributed by atoms with E-state index in [9.17, 15) is 0 Å². The maximum absolute atomic E-state index is 6.29. The van der Waals surface area contributed by atoms with Crippen molar-refractivity contribution >= 4 is 0 Å². The number of aryl methyl sites for hydroxylation is 1. The van der Waals surface area contributed by atoms with Crippen molar-refractivity contribution in [3.63, 3.8) is 0 Å². The predicted octanol–water partition coefficient (Wildman–Crippen LogP) is 3.76. The van der Waals surface area contributed by atoms with Crippen LogP contribution in [0.3, 0.4) is 0 Å². The number of methoxy groups -OCH3 is 1. The molecule has 0 aromatic heterocycles. The smallest absolute Gasteiger partial charge is 0.126 e. The normalized spacial score (nSPS) is 18.5. The van der Waals surface area contributed by atoms with Crippen molar-refractivity contribution in [2.75, 3.05) is 7.11 Å². The molecule has 1 atom stereocenters. The van der Waals surface area contributed by atoms with Gasteiger partial charge in [0.1, 0.15) is 5.75 Å². The van der Waals surface area contributed by atoms with Crippen LogP contribution in [0.4, 0.5) is 0 Å². The molecule has 2 nitrogen and oxygen atoms in total. The fraction of sp³-hybridized carbons (Fsp3) is 0.647. The Hall–Kier alpha value is -1.02. The zero-order valence-electron chi connectivity index (χ0n) is 12.9. The minimum atomic E-state index is 0.149. The minimum absolute atomic E-state index is 0.149. The first kappa shape index (κ1) is 14.4. The highest BCUT2D eigenvalue weighted by molar-refractivity contribution is 5.55. The Morgan fingerprint density at radius 3 is 2.26 bits per heavy atom. The first-order valence-electron chi connectivity index (χ1n) is 7.43. The Labute approximate surface area is 117 Å². The van der Waals surface area contributed by atoms with E-state index in [1.165, 1.54) is 29.5 Å². The maximum Gasteiger partial charge on any atom is 0.126 e. The van der Waals surface area contributed by atoms with Crippen LogP contribution in [0, 0.1) is 0 Å². The molecule has 1 unspecified atom stereocenters. The van der Waals surface area contributed by atoms with Crippen LogP contribution in [0.25, 0.3) is 0 Å². The summed E-state index contributed by atoms with van der Waals surface area (Å²) in [5.41, 5.74) is 10.5. The van der Waals surface area contributed by atoms with Crippen LogP contribution >= 0.6 is 0 Å². The molecule has 0 spiro atoms. The molecule has 1 aromatic carbocycles. The molecule has 0 aliphatic heterocycles. The summed E-state index contributed by atoms with van der Waals surface area (Å²) >= 11 is 0. The lowest BCUT2D eigenvalue weighted by atomic mass is 9.80. The fourth-order valence-corrected chi connectivity index (χ4v) is 3.21. The van der Waals surface area contributed by atoms with E-state index in [0.717, 1.165) is 12.2 Å². The summed E-state index contributed by atoms with van der Waals surface area (Å²) in [6.07, 6.45) is 3.38. The van der Waals surface area contributed by atoms with Crippen molar-refractivity contribution in [1.82, 2.24) is 0 Å². The zero-order valence-corrected chi connectivity index (χ0v) is 12.9. The van der Waals surface area contributed by atoms with Crippen LogP contribution in [-0.4, -0.2) is 13.2 Å². The third-order valence-electron chi connectivity index (χ3n) is 4.64. The third-order valence-corrected chi connectivity index (χ3v) is 4.64. The van der Waals surface area contributed by atoms with Gasteiger partial charge in [0.05, 0.1) is 7.11 Å². The maximum atomic E-state index is 6.29. The van der Waals surface area contributed by atoms with Gasteiger partial charge in [0.15, 0.2) is 0 Å². The second kappa shape index (κ2) is 5.16. The molecule has 1 saturated carbocycles. The lowest BCUT2D eigenvalue weighted by molar-refractivity contribution is 0.392. The summed E-state index contributed by atoms with van der Waals surface area (Å²) in [6.45, 7) is 8.82. The lowest BCUT2D eigenvalue weighted by Gasteiger charge is -2.28. The van der Waals surface area contributed by atoms with E-state index in [2.05, 4.69) is 39.8 Å². The molecule has 0 amide bonds. The van der Waals surface area contributed by atoms with Crippen molar-refractivity contribution in [2.45, 2.75) is 64.3 Å². The van der Waals surface area contributed by atoms with Crippen molar-refractivity contribution in [3.8, 4) is 5.75 Å². The highest BCUT2D eigenvalue weighted by Crippen LogP contribution is 2.56. The first-order chi connectivity index (χ1) is 8.97. The zero-order chi connectivity index (χ0) is 14.2. The molecule has 19 heavy (non-hydrogen) atoms. The summed E-state index contributed by atoms with van der Waals surface area (Å²) in [5.74, 6) is 1.59. The van der Waals surface area contributed by atoms with Gasteiger partial charge in [-0.1, -0.05) is 32.9 Å². The number of ether oxygens (including phenoxy) is 1. The van der Waals surface area contributed by atoms with Gasteiger partial charge in [-0.2, -0.15) is 0 Å². The van der Waals surface area contributed by atoms with Gasteiger partial charge < -0.3 is 10.5 Å². The summed E-state index contributed by atoms with van der Waals surface area (Å²) in [7, 11) is 1.79. The van der Waals surface area contributed by atoms with Crippen LogP contribution < -0.4 is 10.5 Å². The molecule has 0 heterocycles. The molecule has 106 valence electrons. The van der Waals surface area contributed by atoms with E-state index in [4.69, 9.17) is 10.5 Å². The van der Waals surface area contributed by atoms with Crippen LogP contribution in [-0.2, 0) is 11.8 Å². The molecular formula is C17H27NO. The van der Waals surface area contributed by atoms with Crippen LogP contribution in [0.5, 0.6) is 5.75 Å². The summed E-state index contributed by atoms with van der Waals surface area (Å²) in [6, 6.07) is 4.68. The van der Waals surface area contributed by atoms with E-state index >= 15 is 0 Å². The molecule has 0 radical (unpaired) electrons. The van der Waals surface area contributed by atoms with Crippen LogP contribution in [0.1, 0.15) is 63.1 Å². The SMILES string of the molecule is CCc1ccc(C(C)C)c(C2(C(C)N)CC2)c1OC. The first-order valence-corrected chi connectivity index (χ1v) is 7.43. The predicted molar refractivity (Wildman–Crippen MR) is 81.0 cm³/mol. The van der Waals surface area contributed by atoms with Gasteiger partial charge in [-0.3, -0.25) is 0 Å². The van der Waals surface area contributed by atoms with Crippen molar-refractivity contribution < 1.29 is 4.74 Å². The topological polar surface area (TPSA) is 35.2 Å². The van der Waals surface area contributed by atoms with Gasteiger partial charge in [-0.25, -0.2) is 0 Å². The molecule has 2 heteroatoms. The molecule has 1 fully saturated rings. The number of benzene rings is 1. The van der Waals surface area contributed by atoms with Gasteiger partial charge in [-0.05, 0) is 43.2 Å². The fourth-order valence-electron chi connectivity index (χ4n) is 3.21. The number of rotatable bonds is 5. The number of nitrogens with two attached hydrogens (primary N) is 1. The molecule has 1 aliphatic rings. The average molecular weight is 261 g/mol. The lowest BCUT2D eigenvalue weighted by Crippen LogP contribution is -2.33. The second-order valence-electron chi connectivity index (χ2n) is 6.18. The molecular weight excluding hydrogens is 234 g/mol. The van der Waals surface area contributed by atoms with Crippen LogP contribution in [0.15, 0.2) is 12.1 Å². The van der Waals surface area contributed by atoms with Crippen molar-refractivity contribution in [2.24, 2.45) is 5.73 Å². The Balaban J connectivity index is 2.67. The van der Waals surface area contributed by atoms with E-state index < -0.39 is 0 Å². The molecule has 1 aliphatic carbocycles. The third kappa shape index (κ3) is 2.27. The standard InChI is InChI=1S/C17H27NO/c1-6-13-7-8-14(11(2)3)15(16(13)19-5)17(9-10-17)12(4)18/h7-8,11-12H,6,9-10,18H2,1-5H3. The Bertz CT molecular complexity index is 459. The molecule has 0 saturated heterocycles. The van der Waals surface area contributed by atoms with Crippen molar-refractivity contribution in [1.29, 1.82) is 0 Å². The van der Waals surface area contributed by atoms with Gasteiger partial charge >= 0.3 is 0 Å². The number of hydrogen-bond donors (Lipinski definition) is 1. The quantitative estimate of drug-likeness (QED) is 0.876. The summed E-state index contributed by atoms with van der Waals surface area (Å²) in [5, 5.41) is 0. The largest absolute Gasteiger partial charge is 0.496 e. The highest BCUT2D eigenvalue weighted by atomic mass is 16.5. The van der Waals surface area contributed by atoms with E-state index in [1.54, 1.807) is 7.11 Å². The van der Waals surface area contributed by atoms with Gasteiger partial charge in [0.2, 0.25) is 0 Å². The Morgan fingerprint density at radius 2 is 1.89 bits per heavy atom. The molecule has 0 bridgehead atoms. The molecule has 1 aromatic rings. The van der Waals surface area contributed by atoms with Crippen molar-refractivity contribution in [3.05, 3.63) is 28.8 Å². The van der Waals surface area contributed by atoms with Gasteiger partial charge in [-0.15, -0.1) is 0 Å².